The van der Waals surface area contributed by atoms with Crippen molar-refractivity contribution in [1.29, 1.82) is 0 Å². The van der Waals surface area contributed by atoms with Crippen molar-refractivity contribution in [3.05, 3.63) is 53.2 Å². The van der Waals surface area contributed by atoms with E-state index in [2.05, 4.69) is 25.3 Å². The Morgan fingerprint density at radius 1 is 1.24 bits per heavy atom. The SMILES string of the molecule is CNc1cc(C)nc(N2CCc3onc(-c4cccc(F)c4)c3C2)n1. The second-order valence-electron chi connectivity index (χ2n) is 6.06. The van der Waals surface area contributed by atoms with Gasteiger partial charge in [0.05, 0.1) is 6.54 Å². The van der Waals surface area contributed by atoms with Gasteiger partial charge < -0.3 is 14.7 Å². The normalized spacial score (nSPS) is 13.6. The fourth-order valence-corrected chi connectivity index (χ4v) is 3.06. The maximum absolute atomic E-state index is 13.6. The summed E-state index contributed by atoms with van der Waals surface area (Å²) in [6.07, 6.45) is 0.712. The Balaban J connectivity index is 1.69. The van der Waals surface area contributed by atoms with Gasteiger partial charge in [-0.2, -0.15) is 4.98 Å². The second kappa shape index (κ2) is 6.16. The minimum absolute atomic E-state index is 0.289. The lowest BCUT2D eigenvalue weighted by Crippen LogP contribution is -2.31. The number of aromatic nitrogens is 3. The molecule has 7 heteroatoms. The van der Waals surface area contributed by atoms with Crippen LogP contribution in [0, 0.1) is 12.7 Å². The van der Waals surface area contributed by atoms with E-state index in [1.165, 1.54) is 12.1 Å². The number of aryl methyl sites for hydroxylation is 1. The van der Waals surface area contributed by atoms with Gasteiger partial charge in [0.25, 0.3) is 0 Å². The van der Waals surface area contributed by atoms with Gasteiger partial charge >= 0.3 is 0 Å². The van der Waals surface area contributed by atoms with Crippen molar-refractivity contribution in [3.63, 3.8) is 0 Å². The van der Waals surface area contributed by atoms with Gasteiger partial charge in [0.15, 0.2) is 0 Å². The van der Waals surface area contributed by atoms with Crippen LogP contribution in [0.4, 0.5) is 16.2 Å². The fraction of sp³-hybridized carbons (Fsp3) is 0.278. The summed E-state index contributed by atoms with van der Waals surface area (Å²) >= 11 is 0. The van der Waals surface area contributed by atoms with E-state index >= 15 is 0 Å². The lowest BCUT2D eigenvalue weighted by atomic mass is 10.0. The summed E-state index contributed by atoms with van der Waals surface area (Å²) in [6, 6.07) is 8.30. The van der Waals surface area contributed by atoms with Crippen molar-refractivity contribution in [3.8, 4) is 11.3 Å². The highest BCUT2D eigenvalue weighted by Crippen LogP contribution is 2.31. The summed E-state index contributed by atoms with van der Waals surface area (Å²) in [5.74, 6) is 2.00. The molecule has 0 atom stereocenters. The summed E-state index contributed by atoms with van der Waals surface area (Å²) in [7, 11) is 1.84. The van der Waals surface area contributed by atoms with Crippen LogP contribution in [0.25, 0.3) is 11.3 Å². The number of hydrogen-bond donors (Lipinski definition) is 1. The van der Waals surface area contributed by atoms with Gasteiger partial charge in [0, 0.05) is 42.9 Å². The summed E-state index contributed by atoms with van der Waals surface area (Å²) in [5.41, 5.74) is 3.26. The minimum atomic E-state index is -0.289. The van der Waals surface area contributed by atoms with Gasteiger partial charge in [-0.3, -0.25) is 0 Å². The smallest absolute Gasteiger partial charge is 0.227 e. The van der Waals surface area contributed by atoms with Gasteiger partial charge in [-0.15, -0.1) is 0 Å². The van der Waals surface area contributed by atoms with Gasteiger partial charge in [-0.05, 0) is 19.1 Å². The van der Waals surface area contributed by atoms with E-state index in [1.54, 1.807) is 6.07 Å². The molecule has 1 N–H and O–H groups in total. The van der Waals surface area contributed by atoms with Gasteiger partial charge in [0.1, 0.15) is 23.1 Å². The van der Waals surface area contributed by atoms with Crippen molar-refractivity contribution in [2.45, 2.75) is 19.9 Å². The molecule has 0 fully saturated rings. The van der Waals surface area contributed by atoms with E-state index in [4.69, 9.17) is 4.52 Å². The number of nitrogens with one attached hydrogen (secondary N) is 1. The number of rotatable bonds is 3. The van der Waals surface area contributed by atoms with Crippen molar-refractivity contribution in [2.75, 3.05) is 23.8 Å². The predicted octanol–water partition coefficient (Wildman–Crippen LogP) is 3.18. The Hall–Kier alpha value is -2.96. The molecule has 3 heterocycles. The van der Waals surface area contributed by atoms with Crippen LogP contribution in [0.2, 0.25) is 0 Å². The molecule has 0 unspecified atom stereocenters. The summed E-state index contributed by atoms with van der Waals surface area (Å²) in [6.45, 7) is 3.27. The molecular weight excluding hydrogens is 321 g/mol. The molecule has 0 saturated heterocycles. The Kier molecular flexibility index (Phi) is 3.83. The third-order valence-corrected chi connectivity index (χ3v) is 4.31. The molecule has 1 aromatic carbocycles. The molecule has 2 aromatic heterocycles. The zero-order chi connectivity index (χ0) is 17.4. The fourth-order valence-electron chi connectivity index (χ4n) is 3.06. The first-order valence-electron chi connectivity index (χ1n) is 8.16. The molecule has 1 aliphatic heterocycles. The number of fused-ring (bicyclic) bond motifs is 1. The first-order valence-corrected chi connectivity index (χ1v) is 8.16. The highest BCUT2D eigenvalue weighted by molar-refractivity contribution is 5.64. The van der Waals surface area contributed by atoms with Crippen molar-refractivity contribution in [1.82, 2.24) is 15.1 Å². The third-order valence-electron chi connectivity index (χ3n) is 4.31. The number of benzene rings is 1. The summed E-state index contributed by atoms with van der Waals surface area (Å²) in [4.78, 5) is 11.2. The Morgan fingerprint density at radius 2 is 2.12 bits per heavy atom. The molecule has 0 bridgehead atoms. The number of nitrogens with zero attached hydrogens (tertiary/aromatic N) is 4. The summed E-state index contributed by atoms with van der Waals surface area (Å²) in [5, 5.41) is 7.22. The van der Waals surface area contributed by atoms with Crippen LogP contribution in [0.15, 0.2) is 34.9 Å². The van der Waals surface area contributed by atoms with Crippen LogP contribution >= 0.6 is 0 Å². The molecule has 0 saturated carbocycles. The van der Waals surface area contributed by atoms with E-state index in [-0.39, 0.29) is 5.82 Å². The van der Waals surface area contributed by atoms with Gasteiger partial charge in [0.2, 0.25) is 5.95 Å². The molecule has 0 radical (unpaired) electrons. The topological polar surface area (TPSA) is 67.1 Å². The lowest BCUT2D eigenvalue weighted by molar-refractivity contribution is 0.378. The third kappa shape index (κ3) is 2.93. The minimum Gasteiger partial charge on any atom is -0.373 e. The Morgan fingerprint density at radius 3 is 2.92 bits per heavy atom. The van der Waals surface area contributed by atoms with Crippen molar-refractivity contribution in [2.24, 2.45) is 0 Å². The van der Waals surface area contributed by atoms with E-state index in [0.717, 1.165) is 29.4 Å². The molecular formula is C18H18FN5O. The standard InChI is InChI=1S/C18H18FN5O/c1-11-8-16(20-2)22-18(21-11)24-7-6-15-14(10-24)17(23-25-15)12-4-3-5-13(19)9-12/h3-5,8-9H,6-7,10H2,1-2H3,(H,20,21,22). The van der Waals surface area contributed by atoms with E-state index < -0.39 is 0 Å². The molecule has 1 aliphatic rings. The van der Waals surface area contributed by atoms with Crippen molar-refractivity contribution >= 4 is 11.8 Å². The average Bonchev–Trinajstić information content (AvgIpc) is 3.04. The van der Waals surface area contributed by atoms with Crippen LogP contribution in [0.3, 0.4) is 0 Å². The van der Waals surface area contributed by atoms with E-state index in [1.807, 2.05) is 26.1 Å². The highest BCUT2D eigenvalue weighted by atomic mass is 19.1. The highest BCUT2D eigenvalue weighted by Gasteiger charge is 2.26. The maximum Gasteiger partial charge on any atom is 0.227 e. The molecule has 0 spiro atoms. The second-order valence-corrected chi connectivity index (χ2v) is 6.06. The molecule has 25 heavy (non-hydrogen) atoms. The zero-order valence-electron chi connectivity index (χ0n) is 14.1. The monoisotopic (exact) mass is 339 g/mol. The summed E-state index contributed by atoms with van der Waals surface area (Å²) < 4.78 is 19.0. The zero-order valence-corrected chi connectivity index (χ0v) is 14.1. The average molecular weight is 339 g/mol. The maximum atomic E-state index is 13.6. The van der Waals surface area contributed by atoms with Crippen LogP contribution in [-0.4, -0.2) is 28.7 Å². The lowest BCUT2D eigenvalue weighted by Gasteiger charge is -2.26. The Bertz CT molecular complexity index is 924. The molecule has 0 amide bonds. The predicted molar refractivity (Wildman–Crippen MR) is 93.0 cm³/mol. The molecule has 4 rings (SSSR count). The van der Waals surface area contributed by atoms with E-state index in [9.17, 15) is 4.39 Å². The molecule has 128 valence electrons. The number of hydrogen-bond acceptors (Lipinski definition) is 6. The van der Waals surface area contributed by atoms with Gasteiger partial charge in [-0.1, -0.05) is 17.3 Å². The molecule has 6 nitrogen and oxygen atoms in total. The van der Waals surface area contributed by atoms with Gasteiger partial charge in [-0.25, -0.2) is 9.37 Å². The quantitative estimate of drug-likeness (QED) is 0.790. The van der Waals surface area contributed by atoms with Crippen LogP contribution < -0.4 is 10.2 Å². The van der Waals surface area contributed by atoms with Crippen LogP contribution in [-0.2, 0) is 13.0 Å². The largest absolute Gasteiger partial charge is 0.373 e. The molecule has 3 aromatic rings. The van der Waals surface area contributed by atoms with Crippen LogP contribution in [0.1, 0.15) is 17.0 Å². The first-order chi connectivity index (χ1) is 12.1. The first kappa shape index (κ1) is 15.6. The van der Waals surface area contributed by atoms with Crippen molar-refractivity contribution < 1.29 is 8.91 Å². The van der Waals surface area contributed by atoms with Crippen LogP contribution in [0.5, 0.6) is 0 Å². The number of halogens is 1. The number of anilines is 2. The Labute approximate surface area is 144 Å². The molecule has 0 aliphatic carbocycles. The van der Waals surface area contributed by atoms with E-state index in [0.29, 0.717) is 30.2 Å².